The fourth-order valence-corrected chi connectivity index (χ4v) is 3.84. The van der Waals surface area contributed by atoms with Crippen molar-refractivity contribution in [1.82, 2.24) is 10.3 Å². The number of ketones is 1. The number of hydrogen-bond acceptors (Lipinski definition) is 5. The van der Waals surface area contributed by atoms with Crippen molar-refractivity contribution < 1.29 is 19.1 Å². The van der Waals surface area contributed by atoms with Gasteiger partial charge in [-0.2, -0.15) is 0 Å². The number of carbonyl (C=O) groups is 3. The molecule has 29 heavy (non-hydrogen) atoms. The zero-order chi connectivity index (χ0) is 21.1. The number of rotatable bonds is 7. The number of ether oxygens (including phenoxy) is 1. The van der Waals surface area contributed by atoms with Gasteiger partial charge in [-0.05, 0) is 37.3 Å². The molecule has 0 fully saturated rings. The molecule has 0 radical (unpaired) electrons. The molecule has 0 aliphatic heterocycles. The largest absolute Gasteiger partial charge is 0.453 e. The number of aromatic nitrogens is 1. The minimum Gasteiger partial charge on any atom is -0.453 e. The molecule has 3 aromatic rings. The summed E-state index contributed by atoms with van der Waals surface area (Å²) in [6.07, 6.45) is -0.972. The van der Waals surface area contributed by atoms with Crippen molar-refractivity contribution in [2.24, 2.45) is 5.92 Å². The van der Waals surface area contributed by atoms with Crippen molar-refractivity contribution >= 4 is 39.9 Å². The maximum Gasteiger partial charge on any atom is 0.329 e. The molecule has 0 saturated heterocycles. The number of H-pyrrole nitrogens is 1. The second kappa shape index (κ2) is 8.61. The van der Waals surface area contributed by atoms with Gasteiger partial charge in [-0.15, -0.1) is 11.3 Å². The zero-order valence-corrected chi connectivity index (χ0v) is 17.6. The monoisotopic (exact) mass is 412 g/mol. The van der Waals surface area contributed by atoms with Gasteiger partial charge in [0.05, 0.1) is 4.88 Å². The third-order valence-electron chi connectivity index (χ3n) is 4.75. The Kier molecular flexibility index (Phi) is 6.17. The van der Waals surface area contributed by atoms with Crippen molar-refractivity contribution in [3.63, 3.8) is 0 Å². The van der Waals surface area contributed by atoms with Crippen LogP contribution in [0.1, 0.15) is 46.5 Å². The van der Waals surface area contributed by atoms with E-state index in [1.807, 2.05) is 45.0 Å². The number of esters is 1. The second-order valence-electron chi connectivity index (χ2n) is 7.29. The van der Waals surface area contributed by atoms with Crippen LogP contribution in [0.4, 0.5) is 0 Å². The SMILES string of the molecule is Cc1[nH]c2ccccc2c1C(=O)[C@@H](C)OC(=O)[C@@H](NC(=O)c1cccs1)C(C)C. The molecule has 3 rings (SSSR count). The van der Waals surface area contributed by atoms with E-state index in [4.69, 9.17) is 4.74 Å². The van der Waals surface area contributed by atoms with Crippen molar-refractivity contribution in [3.8, 4) is 0 Å². The summed E-state index contributed by atoms with van der Waals surface area (Å²) in [4.78, 5) is 41.8. The topological polar surface area (TPSA) is 88.3 Å². The summed E-state index contributed by atoms with van der Waals surface area (Å²) in [5, 5.41) is 5.31. The van der Waals surface area contributed by atoms with E-state index in [2.05, 4.69) is 10.3 Å². The van der Waals surface area contributed by atoms with Crippen LogP contribution in [0.5, 0.6) is 0 Å². The van der Waals surface area contributed by atoms with E-state index in [1.165, 1.54) is 11.3 Å². The van der Waals surface area contributed by atoms with Crippen LogP contribution in [-0.4, -0.2) is 34.8 Å². The Balaban J connectivity index is 1.74. The number of amides is 1. The molecule has 2 N–H and O–H groups in total. The predicted octanol–water partition coefficient (Wildman–Crippen LogP) is 4.11. The van der Waals surface area contributed by atoms with Crippen LogP contribution in [0.2, 0.25) is 0 Å². The first-order valence-electron chi connectivity index (χ1n) is 9.46. The Labute approximate surface area is 173 Å². The van der Waals surface area contributed by atoms with Gasteiger partial charge in [-0.1, -0.05) is 38.1 Å². The molecule has 6 nitrogen and oxygen atoms in total. The normalized spacial score (nSPS) is 13.3. The van der Waals surface area contributed by atoms with Gasteiger partial charge in [0, 0.05) is 22.2 Å². The molecule has 0 aliphatic rings. The Morgan fingerprint density at radius 1 is 1.07 bits per heavy atom. The Morgan fingerprint density at radius 3 is 2.45 bits per heavy atom. The molecule has 1 amide bonds. The molecule has 0 saturated carbocycles. The molecule has 7 heteroatoms. The van der Waals surface area contributed by atoms with E-state index < -0.39 is 18.1 Å². The van der Waals surface area contributed by atoms with Crippen LogP contribution in [-0.2, 0) is 9.53 Å². The number of benzene rings is 1. The van der Waals surface area contributed by atoms with Gasteiger partial charge in [-0.25, -0.2) is 4.79 Å². The Bertz CT molecular complexity index is 1040. The summed E-state index contributed by atoms with van der Waals surface area (Å²) < 4.78 is 5.47. The highest BCUT2D eigenvalue weighted by Crippen LogP contribution is 2.24. The Hall–Kier alpha value is -2.93. The highest BCUT2D eigenvalue weighted by atomic mass is 32.1. The molecule has 152 valence electrons. The van der Waals surface area contributed by atoms with Crippen molar-refractivity contribution in [2.45, 2.75) is 39.8 Å². The number of aryl methyl sites for hydroxylation is 1. The van der Waals surface area contributed by atoms with Crippen molar-refractivity contribution in [3.05, 3.63) is 57.9 Å². The fraction of sp³-hybridized carbons (Fsp3) is 0.318. The van der Waals surface area contributed by atoms with Gasteiger partial charge in [0.15, 0.2) is 6.10 Å². The molecule has 2 heterocycles. The summed E-state index contributed by atoms with van der Waals surface area (Å²) in [5.41, 5.74) is 2.10. The number of Topliss-reactive ketones (excluding diaryl/α,β-unsaturated/α-hetero) is 1. The number of para-hydroxylation sites is 1. The summed E-state index contributed by atoms with van der Waals surface area (Å²) in [6.45, 7) is 7.01. The van der Waals surface area contributed by atoms with Crippen molar-refractivity contribution in [2.75, 3.05) is 0 Å². The maximum absolute atomic E-state index is 13.0. The molecule has 2 aromatic heterocycles. The molecule has 0 aliphatic carbocycles. The smallest absolute Gasteiger partial charge is 0.329 e. The third-order valence-corrected chi connectivity index (χ3v) is 5.62. The molecule has 2 atom stereocenters. The highest BCUT2D eigenvalue weighted by molar-refractivity contribution is 7.12. The Morgan fingerprint density at radius 2 is 1.79 bits per heavy atom. The molecule has 0 spiro atoms. The van der Waals surface area contributed by atoms with Crippen LogP contribution < -0.4 is 5.32 Å². The quantitative estimate of drug-likeness (QED) is 0.452. The zero-order valence-electron chi connectivity index (χ0n) is 16.8. The molecular formula is C22H24N2O4S. The van der Waals surface area contributed by atoms with E-state index >= 15 is 0 Å². The van der Waals surface area contributed by atoms with Crippen molar-refractivity contribution in [1.29, 1.82) is 0 Å². The lowest BCUT2D eigenvalue weighted by atomic mass is 10.0. The number of hydrogen-bond donors (Lipinski definition) is 2. The number of nitrogens with one attached hydrogen (secondary N) is 2. The van der Waals surface area contributed by atoms with Crippen LogP contribution in [0.3, 0.4) is 0 Å². The summed E-state index contributed by atoms with van der Waals surface area (Å²) in [6, 6.07) is 10.1. The third kappa shape index (κ3) is 4.40. The van der Waals surface area contributed by atoms with E-state index in [0.717, 1.165) is 16.6 Å². The van der Waals surface area contributed by atoms with Crippen LogP contribution in [0, 0.1) is 12.8 Å². The van der Waals surface area contributed by atoms with Crippen LogP contribution in [0.15, 0.2) is 41.8 Å². The lowest BCUT2D eigenvalue weighted by Gasteiger charge is -2.22. The summed E-state index contributed by atoms with van der Waals surface area (Å²) in [5.74, 6) is -1.42. The average Bonchev–Trinajstić information content (AvgIpc) is 3.32. The van der Waals surface area contributed by atoms with E-state index in [9.17, 15) is 14.4 Å². The minimum atomic E-state index is -0.972. The number of carbonyl (C=O) groups excluding carboxylic acids is 3. The second-order valence-corrected chi connectivity index (χ2v) is 8.23. The first-order valence-corrected chi connectivity index (χ1v) is 10.3. The molecule has 0 unspecified atom stereocenters. The molecule has 0 bridgehead atoms. The fourth-order valence-electron chi connectivity index (χ4n) is 3.22. The summed E-state index contributed by atoms with van der Waals surface area (Å²) in [7, 11) is 0. The van der Waals surface area contributed by atoms with Crippen LogP contribution in [0.25, 0.3) is 10.9 Å². The standard InChI is InChI=1S/C22H24N2O4S/c1-12(2)19(24-21(26)17-10-7-11-29-17)22(27)28-14(4)20(25)18-13(3)23-16-9-6-5-8-15(16)18/h5-12,14,19,23H,1-4H3,(H,24,26)/t14-,19+/m1/s1. The first-order chi connectivity index (χ1) is 13.8. The average molecular weight is 413 g/mol. The van der Waals surface area contributed by atoms with E-state index in [-0.39, 0.29) is 17.6 Å². The summed E-state index contributed by atoms with van der Waals surface area (Å²) >= 11 is 1.29. The van der Waals surface area contributed by atoms with Gasteiger partial charge >= 0.3 is 5.97 Å². The van der Waals surface area contributed by atoms with E-state index in [1.54, 1.807) is 24.4 Å². The van der Waals surface area contributed by atoms with Gasteiger partial charge in [-0.3, -0.25) is 9.59 Å². The number of aromatic amines is 1. The highest BCUT2D eigenvalue weighted by Gasteiger charge is 2.31. The lowest BCUT2D eigenvalue weighted by molar-refractivity contribution is -0.149. The van der Waals surface area contributed by atoms with E-state index in [0.29, 0.717) is 10.4 Å². The minimum absolute atomic E-state index is 0.191. The van der Waals surface area contributed by atoms with Gasteiger partial charge < -0.3 is 15.0 Å². The van der Waals surface area contributed by atoms with Gasteiger partial charge in [0.1, 0.15) is 6.04 Å². The van der Waals surface area contributed by atoms with Gasteiger partial charge in [0.25, 0.3) is 5.91 Å². The lowest BCUT2D eigenvalue weighted by Crippen LogP contribution is -2.46. The van der Waals surface area contributed by atoms with Crippen LogP contribution >= 0.6 is 11.3 Å². The first kappa shape index (κ1) is 20.8. The van der Waals surface area contributed by atoms with Gasteiger partial charge in [0.2, 0.25) is 5.78 Å². The molecule has 1 aromatic carbocycles. The predicted molar refractivity (Wildman–Crippen MR) is 113 cm³/mol. The number of thiophene rings is 1. The number of fused-ring (bicyclic) bond motifs is 1. The maximum atomic E-state index is 13.0. The molecular weight excluding hydrogens is 388 g/mol.